The van der Waals surface area contributed by atoms with Crippen molar-refractivity contribution in [3.8, 4) is 0 Å². The van der Waals surface area contributed by atoms with Crippen LogP contribution in [-0.2, 0) is 9.53 Å². The molecule has 0 aliphatic carbocycles. The second kappa shape index (κ2) is 8.72. The van der Waals surface area contributed by atoms with Gasteiger partial charge in [-0.1, -0.05) is 25.5 Å². The van der Waals surface area contributed by atoms with Gasteiger partial charge < -0.3 is 15.4 Å². The van der Waals surface area contributed by atoms with Crippen LogP contribution in [0.2, 0.25) is 0 Å². The van der Waals surface area contributed by atoms with Gasteiger partial charge in [-0.05, 0) is 31.0 Å². The molecule has 0 aromatic heterocycles. The first kappa shape index (κ1) is 16.7. The Morgan fingerprint density at radius 3 is 2.75 bits per heavy atom. The normalized spacial score (nSPS) is 13.8. The molecule has 0 spiro atoms. The van der Waals surface area contributed by atoms with Crippen LogP contribution >= 0.6 is 0 Å². The van der Waals surface area contributed by atoms with E-state index >= 15 is 0 Å². The fourth-order valence-electron chi connectivity index (χ4n) is 2.30. The fraction of sp³-hybridized carbons (Fsp3) is 0.562. The van der Waals surface area contributed by atoms with E-state index in [-0.39, 0.29) is 11.9 Å². The van der Waals surface area contributed by atoms with Crippen molar-refractivity contribution in [1.29, 1.82) is 0 Å². The molecule has 0 aliphatic heterocycles. The predicted octanol–water partition coefficient (Wildman–Crippen LogP) is 3.11. The molecule has 20 heavy (non-hydrogen) atoms. The maximum atomic E-state index is 11.1. The third-order valence-corrected chi connectivity index (χ3v) is 3.20. The molecule has 2 N–H and O–H groups in total. The molecular weight excluding hydrogens is 252 g/mol. The summed E-state index contributed by atoms with van der Waals surface area (Å²) in [4.78, 5) is 11.1. The Bertz CT molecular complexity index is 415. The van der Waals surface area contributed by atoms with Crippen LogP contribution in [0.3, 0.4) is 0 Å². The molecule has 0 saturated carbocycles. The summed E-state index contributed by atoms with van der Waals surface area (Å²) in [5.41, 5.74) is 2.00. The molecule has 0 bridgehead atoms. The number of hydrogen-bond acceptors (Lipinski definition) is 3. The second-order valence-corrected chi connectivity index (χ2v) is 5.14. The average molecular weight is 278 g/mol. The highest BCUT2D eigenvalue weighted by atomic mass is 16.5. The predicted molar refractivity (Wildman–Crippen MR) is 82.9 cm³/mol. The Labute approximate surface area is 121 Å². The van der Waals surface area contributed by atoms with Crippen molar-refractivity contribution in [2.24, 2.45) is 0 Å². The largest absolute Gasteiger partial charge is 0.383 e. The minimum absolute atomic E-state index is 0.0500. The van der Waals surface area contributed by atoms with Crippen LogP contribution < -0.4 is 10.6 Å². The van der Waals surface area contributed by atoms with Crippen molar-refractivity contribution < 1.29 is 9.53 Å². The van der Waals surface area contributed by atoms with Gasteiger partial charge in [-0.3, -0.25) is 4.79 Å². The second-order valence-electron chi connectivity index (χ2n) is 5.14. The van der Waals surface area contributed by atoms with E-state index in [2.05, 4.69) is 30.5 Å². The van der Waals surface area contributed by atoms with Gasteiger partial charge in [0.25, 0.3) is 0 Å². The van der Waals surface area contributed by atoms with Gasteiger partial charge in [0.1, 0.15) is 0 Å². The molecule has 0 saturated heterocycles. The van der Waals surface area contributed by atoms with Crippen molar-refractivity contribution in [3.05, 3.63) is 29.8 Å². The average Bonchev–Trinajstić information content (AvgIpc) is 2.38. The summed E-state index contributed by atoms with van der Waals surface area (Å²) in [6, 6.07) is 8.51. The number of carbonyl (C=O) groups is 1. The van der Waals surface area contributed by atoms with E-state index in [0.29, 0.717) is 12.6 Å². The smallest absolute Gasteiger partial charge is 0.221 e. The summed E-state index contributed by atoms with van der Waals surface area (Å²) in [5, 5.41) is 6.39. The Balaban J connectivity index is 2.69. The standard InChI is InChI=1S/C16H26N2O2/c1-5-7-16(11-20-4)17-12(2)14-8-6-9-15(10-14)18-13(3)19/h6,8-10,12,16-17H,5,7,11H2,1-4H3,(H,18,19). The molecule has 0 heterocycles. The number of carbonyl (C=O) groups excluding carboxylic acids is 1. The Morgan fingerprint density at radius 1 is 1.40 bits per heavy atom. The van der Waals surface area contributed by atoms with Gasteiger partial charge in [0.05, 0.1) is 6.61 Å². The zero-order chi connectivity index (χ0) is 15.0. The molecule has 4 heteroatoms. The molecule has 0 fully saturated rings. The third-order valence-electron chi connectivity index (χ3n) is 3.20. The lowest BCUT2D eigenvalue weighted by Crippen LogP contribution is -2.35. The van der Waals surface area contributed by atoms with E-state index in [1.165, 1.54) is 6.92 Å². The van der Waals surface area contributed by atoms with E-state index < -0.39 is 0 Å². The lowest BCUT2D eigenvalue weighted by atomic mass is 10.1. The van der Waals surface area contributed by atoms with Crippen LogP contribution in [0.5, 0.6) is 0 Å². The maximum absolute atomic E-state index is 11.1. The number of nitrogens with one attached hydrogen (secondary N) is 2. The third kappa shape index (κ3) is 5.72. The monoisotopic (exact) mass is 278 g/mol. The van der Waals surface area contributed by atoms with Crippen molar-refractivity contribution in [2.45, 2.75) is 45.7 Å². The Hall–Kier alpha value is -1.39. The van der Waals surface area contributed by atoms with Gasteiger partial charge in [0.15, 0.2) is 0 Å². The summed E-state index contributed by atoms with van der Waals surface area (Å²) >= 11 is 0. The number of methoxy groups -OCH3 is 1. The van der Waals surface area contributed by atoms with Crippen molar-refractivity contribution >= 4 is 11.6 Å². The van der Waals surface area contributed by atoms with Gasteiger partial charge in [-0.15, -0.1) is 0 Å². The quantitative estimate of drug-likeness (QED) is 0.768. The van der Waals surface area contributed by atoms with Crippen LogP contribution in [-0.4, -0.2) is 25.7 Å². The van der Waals surface area contributed by atoms with Crippen LogP contribution in [0, 0.1) is 0 Å². The molecule has 4 nitrogen and oxygen atoms in total. The number of anilines is 1. The van der Waals surface area contributed by atoms with Crippen LogP contribution in [0.1, 0.15) is 45.2 Å². The molecule has 0 radical (unpaired) electrons. The van der Waals surface area contributed by atoms with Gasteiger partial charge in [0.2, 0.25) is 5.91 Å². The number of amides is 1. The summed E-state index contributed by atoms with van der Waals surface area (Å²) < 4.78 is 5.25. The molecule has 0 aliphatic rings. The van der Waals surface area contributed by atoms with E-state index in [1.54, 1.807) is 7.11 Å². The topological polar surface area (TPSA) is 50.4 Å². The van der Waals surface area contributed by atoms with Crippen LogP contribution in [0.4, 0.5) is 5.69 Å². The first-order chi connectivity index (χ1) is 9.56. The minimum Gasteiger partial charge on any atom is -0.383 e. The Kier molecular flexibility index (Phi) is 7.26. The van der Waals surface area contributed by atoms with Crippen molar-refractivity contribution in [3.63, 3.8) is 0 Å². The summed E-state index contributed by atoms with van der Waals surface area (Å²) in [7, 11) is 1.73. The Morgan fingerprint density at radius 2 is 2.15 bits per heavy atom. The highest BCUT2D eigenvalue weighted by Gasteiger charge is 2.13. The molecule has 2 atom stereocenters. The number of hydrogen-bond donors (Lipinski definition) is 2. The molecule has 1 aromatic carbocycles. The van der Waals surface area contributed by atoms with Gasteiger partial charge in [-0.2, -0.15) is 0 Å². The van der Waals surface area contributed by atoms with Crippen molar-refractivity contribution in [2.75, 3.05) is 19.0 Å². The zero-order valence-electron chi connectivity index (χ0n) is 12.9. The SMILES string of the molecule is CCCC(COC)NC(C)c1cccc(NC(C)=O)c1. The van der Waals surface area contributed by atoms with Crippen molar-refractivity contribution in [1.82, 2.24) is 5.32 Å². The highest BCUT2D eigenvalue weighted by molar-refractivity contribution is 5.88. The van der Waals surface area contributed by atoms with E-state index in [9.17, 15) is 4.79 Å². The van der Waals surface area contributed by atoms with Gasteiger partial charge in [-0.25, -0.2) is 0 Å². The van der Waals surface area contributed by atoms with Crippen LogP contribution in [0.25, 0.3) is 0 Å². The summed E-state index contributed by atoms with van der Waals surface area (Å²) in [6.07, 6.45) is 2.21. The molecule has 112 valence electrons. The maximum Gasteiger partial charge on any atom is 0.221 e. The summed E-state index contributed by atoms with van der Waals surface area (Å²) in [5.74, 6) is -0.0500. The number of rotatable bonds is 8. The first-order valence-corrected chi connectivity index (χ1v) is 7.19. The minimum atomic E-state index is -0.0500. The molecule has 2 unspecified atom stereocenters. The number of benzene rings is 1. The first-order valence-electron chi connectivity index (χ1n) is 7.19. The zero-order valence-corrected chi connectivity index (χ0v) is 12.9. The number of ether oxygens (including phenoxy) is 1. The van der Waals surface area contributed by atoms with E-state index in [0.717, 1.165) is 24.1 Å². The molecule has 1 amide bonds. The van der Waals surface area contributed by atoms with Gasteiger partial charge in [0, 0.05) is 31.8 Å². The molecule has 1 aromatic rings. The molecular formula is C16H26N2O2. The van der Waals surface area contributed by atoms with Crippen LogP contribution in [0.15, 0.2) is 24.3 Å². The van der Waals surface area contributed by atoms with E-state index in [1.807, 2.05) is 18.2 Å². The lowest BCUT2D eigenvalue weighted by molar-refractivity contribution is -0.114. The highest BCUT2D eigenvalue weighted by Crippen LogP contribution is 2.18. The summed E-state index contributed by atoms with van der Waals surface area (Å²) in [6.45, 7) is 6.53. The van der Waals surface area contributed by atoms with E-state index in [4.69, 9.17) is 4.74 Å². The molecule has 1 rings (SSSR count). The fourth-order valence-corrected chi connectivity index (χ4v) is 2.30. The lowest BCUT2D eigenvalue weighted by Gasteiger charge is -2.23. The van der Waals surface area contributed by atoms with Gasteiger partial charge >= 0.3 is 0 Å².